The number of hydrogen-bond acceptors (Lipinski definition) is 4. The lowest BCUT2D eigenvalue weighted by Gasteiger charge is -2.14. The van der Waals surface area contributed by atoms with Gasteiger partial charge < -0.3 is 0 Å². The summed E-state index contributed by atoms with van der Waals surface area (Å²) < 4.78 is 79.2. The van der Waals surface area contributed by atoms with Gasteiger partial charge in [-0.15, -0.1) is 0 Å². The van der Waals surface area contributed by atoms with Crippen molar-refractivity contribution in [1.29, 1.82) is 0 Å². The van der Waals surface area contributed by atoms with Crippen molar-refractivity contribution in [2.75, 3.05) is 5.32 Å². The standard InChI is InChI=1S/C14H8F6N6O/c15-13(16,17)7-2-1-3-8(4-7)26-10(14(18,19)20)9(5-23-26)11(27)24-12-21-6-22-25-12/h1-6H,(H2,21,22,24,25,27). The Bertz CT molecular complexity index is 959. The molecule has 7 nitrogen and oxygen atoms in total. The molecule has 0 unspecified atom stereocenters. The molecule has 13 heteroatoms. The first-order valence-corrected chi connectivity index (χ1v) is 7.07. The van der Waals surface area contributed by atoms with E-state index in [2.05, 4.69) is 20.3 Å². The number of anilines is 1. The molecule has 2 heterocycles. The largest absolute Gasteiger partial charge is 0.434 e. The summed E-state index contributed by atoms with van der Waals surface area (Å²) in [6.07, 6.45) is -8.20. The highest BCUT2D eigenvalue weighted by Crippen LogP contribution is 2.35. The number of rotatable bonds is 3. The van der Waals surface area contributed by atoms with Crippen LogP contribution in [0.25, 0.3) is 5.69 Å². The van der Waals surface area contributed by atoms with Crippen molar-refractivity contribution < 1.29 is 31.1 Å². The maximum Gasteiger partial charge on any atom is 0.434 e. The number of H-pyrrole nitrogens is 1. The van der Waals surface area contributed by atoms with Crippen molar-refractivity contribution in [3.05, 3.63) is 53.6 Å². The van der Waals surface area contributed by atoms with Gasteiger partial charge in [-0.3, -0.25) is 10.1 Å². The number of aromatic amines is 1. The second-order valence-electron chi connectivity index (χ2n) is 5.15. The third-order valence-corrected chi connectivity index (χ3v) is 3.35. The maximum absolute atomic E-state index is 13.5. The molecule has 27 heavy (non-hydrogen) atoms. The number of amides is 1. The average molecular weight is 390 g/mol. The highest BCUT2D eigenvalue weighted by Gasteiger charge is 2.41. The van der Waals surface area contributed by atoms with Gasteiger partial charge in [0, 0.05) is 0 Å². The van der Waals surface area contributed by atoms with Gasteiger partial charge >= 0.3 is 12.4 Å². The van der Waals surface area contributed by atoms with Crippen LogP contribution >= 0.6 is 0 Å². The zero-order valence-corrected chi connectivity index (χ0v) is 12.9. The zero-order valence-electron chi connectivity index (χ0n) is 12.9. The predicted octanol–water partition coefficient (Wildman–Crippen LogP) is 3.28. The van der Waals surface area contributed by atoms with Gasteiger partial charge in [-0.1, -0.05) is 6.07 Å². The SMILES string of the molecule is O=C(Nc1ncn[nH]1)c1cnn(-c2cccc(C(F)(F)F)c2)c1C(F)(F)F. The molecule has 0 bridgehead atoms. The fourth-order valence-electron chi connectivity index (χ4n) is 2.24. The number of nitrogens with zero attached hydrogens (tertiary/aromatic N) is 4. The molecule has 1 amide bonds. The molecule has 2 aromatic heterocycles. The summed E-state index contributed by atoms with van der Waals surface area (Å²) in [5.74, 6) is -1.42. The second-order valence-corrected chi connectivity index (χ2v) is 5.15. The Morgan fingerprint density at radius 2 is 1.85 bits per heavy atom. The van der Waals surface area contributed by atoms with Gasteiger partial charge in [0.05, 0.1) is 23.0 Å². The first kappa shape index (κ1) is 18.4. The van der Waals surface area contributed by atoms with Crippen LogP contribution in [0.1, 0.15) is 21.6 Å². The first-order chi connectivity index (χ1) is 12.6. The van der Waals surface area contributed by atoms with Crippen LogP contribution in [0.4, 0.5) is 32.3 Å². The number of carbonyl (C=O) groups excluding carboxylic acids is 1. The quantitative estimate of drug-likeness (QED) is 0.672. The second kappa shape index (κ2) is 6.41. The molecule has 1 aromatic carbocycles. The Balaban J connectivity index is 2.07. The van der Waals surface area contributed by atoms with Crippen LogP contribution in [0.5, 0.6) is 0 Å². The zero-order chi connectivity index (χ0) is 19.8. The summed E-state index contributed by atoms with van der Waals surface area (Å²) in [4.78, 5) is 15.7. The molecule has 0 saturated carbocycles. The van der Waals surface area contributed by atoms with Crippen LogP contribution in [0.2, 0.25) is 0 Å². The molecule has 0 fully saturated rings. The van der Waals surface area contributed by atoms with E-state index in [-0.39, 0.29) is 10.6 Å². The molecule has 0 atom stereocenters. The van der Waals surface area contributed by atoms with E-state index in [9.17, 15) is 31.1 Å². The minimum Gasteiger partial charge on any atom is -0.291 e. The van der Waals surface area contributed by atoms with E-state index in [0.29, 0.717) is 18.3 Å². The number of carbonyl (C=O) groups is 1. The van der Waals surface area contributed by atoms with Crippen LogP contribution in [0, 0.1) is 0 Å². The van der Waals surface area contributed by atoms with E-state index < -0.39 is 40.8 Å². The highest BCUT2D eigenvalue weighted by molar-refractivity contribution is 6.04. The molecule has 2 N–H and O–H groups in total. The van der Waals surface area contributed by atoms with E-state index in [0.717, 1.165) is 18.5 Å². The van der Waals surface area contributed by atoms with Crippen LogP contribution in [0.15, 0.2) is 36.8 Å². The van der Waals surface area contributed by atoms with Gasteiger partial charge in [0.1, 0.15) is 6.33 Å². The number of hydrogen-bond donors (Lipinski definition) is 2. The average Bonchev–Trinajstić information content (AvgIpc) is 3.22. The van der Waals surface area contributed by atoms with Crippen molar-refractivity contribution in [1.82, 2.24) is 25.0 Å². The minimum absolute atomic E-state index is 0.208. The van der Waals surface area contributed by atoms with Crippen molar-refractivity contribution >= 4 is 11.9 Å². The smallest absolute Gasteiger partial charge is 0.291 e. The molecule has 0 aliphatic carbocycles. The van der Waals surface area contributed by atoms with Crippen LogP contribution in [0.3, 0.4) is 0 Å². The fourth-order valence-corrected chi connectivity index (χ4v) is 2.24. The molecule has 0 aliphatic rings. The number of aromatic nitrogens is 5. The molecule has 0 radical (unpaired) electrons. The Morgan fingerprint density at radius 1 is 1.11 bits per heavy atom. The lowest BCUT2D eigenvalue weighted by atomic mass is 10.1. The molecule has 0 aliphatic heterocycles. The van der Waals surface area contributed by atoms with Crippen LogP contribution < -0.4 is 5.32 Å². The maximum atomic E-state index is 13.5. The van der Waals surface area contributed by atoms with Gasteiger partial charge in [0.2, 0.25) is 5.95 Å². The van der Waals surface area contributed by atoms with E-state index in [1.807, 2.05) is 5.32 Å². The lowest BCUT2D eigenvalue weighted by molar-refractivity contribution is -0.143. The van der Waals surface area contributed by atoms with E-state index in [4.69, 9.17) is 0 Å². The highest BCUT2D eigenvalue weighted by atomic mass is 19.4. The van der Waals surface area contributed by atoms with Gasteiger partial charge in [-0.25, -0.2) is 9.78 Å². The Morgan fingerprint density at radius 3 is 2.44 bits per heavy atom. The summed E-state index contributed by atoms with van der Waals surface area (Å²) in [7, 11) is 0. The van der Waals surface area contributed by atoms with Gasteiger partial charge in [-0.05, 0) is 18.2 Å². The van der Waals surface area contributed by atoms with Crippen molar-refractivity contribution in [2.45, 2.75) is 12.4 Å². The van der Waals surface area contributed by atoms with Gasteiger partial charge in [0.25, 0.3) is 5.91 Å². The Hall–Kier alpha value is -3.38. The van der Waals surface area contributed by atoms with Crippen molar-refractivity contribution in [2.24, 2.45) is 0 Å². The molecule has 3 aromatic rings. The summed E-state index contributed by atoms with van der Waals surface area (Å²) in [5, 5.41) is 11.2. The molecule has 3 rings (SSSR count). The number of alkyl halides is 6. The third kappa shape index (κ3) is 3.75. The summed E-state index contributed by atoms with van der Waals surface area (Å²) in [6, 6.07) is 3.15. The van der Waals surface area contributed by atoms with Crippen LogP contribution in [-0.2, 0) is 12.4 Å². The minimum atomic E-state index is -5.07. The Labute approximate surface area is 146 Å². The first-order valence-electron chi connectivity index (χ1n) is 7.07. The molecule has 0 spiro atoms. The molecule has 142 valence electrons. The Kier molecular flexibility index (Phi) is 4.37. The normalized spacial score (nSPS) is 12.2. The number of halogens is 6. The summed E-state index contributed by atoms with van der Waals surface area (Å²) >= 11 is 0. The van der Waals surface area contributed by atoms with Crippen molar-refractivity contribution in [3.8, 4) is 5.69 Å². The van der Waals surface area contributed by atoms with Gasteiger partial charge in [-0.2, -0.15) is 41.5 Å². The van der Waals surface area contributed by atoms with Gasteiger partial charge in [0.15, 0.2) is 5.69 Å². The van der Waals surface area contributed by atoms with Crippen molar-refractivity contribution in [3.63, 3.8) is 0 Å². The third-order valence-electron chi connectivity index (χ3n) is 3.35. The number of benzene rings is 1. The topological polar surface area (TPSA) is 88.5 Å². The number of nitrogens with one attached hydrogen (secondary N) is 2. The molecular weight excluding hydrogens is 382 g/mol. The van der Waals surface area contributed by atoms with E-state index in [1.54, 1.807) is 0 Å². The molecular formula is C14H8F6N6O. The monoisotopic (exact) mass is 390 g/mol. The molecule has 0 saturated heterocycles. The van der Waals surface area contributed by atoms with Crippen LogP contribution in [-0.4, -0.2) is 30.9 Å². The predicted molar refractivity (Wildman–Crippen MR) is 77.9 cm³/mol. The lowest BCUT2D eigenvalue weighted by Crippen LogP contribution is -2.21. The summed E-state index contributed by atoms with van der Waals surface area (Å²) in [5.41, 5.74) is -4.08. The van der Waals surface area contributed by atoms with E-state index in [1.165, 1.54) is 0 Å². The van der Waals surface area contributed by atoms with E-state index >= 15 is 0 Å². The fraction of sp³-hybridized carbons (Fsp3) is 0.143. The summed E-state index contributed by atoms with van der Waals surface area (Å²) in [6.45, 7) is 0.